The van der Waals surface area contributed by atoms with Crippen LogP contribution in [0.15, 0.2) is 200 Å². The summed E-state index contributed by atoms with van der Waals surface area (Å²) in [7, 11) is 0. The van der Waals surface area contributed by atoms with Crippen molar-refractivity contribution in [1.82, 2.24) is 4.57 Å². The highest BCUT2D eigenvalue weighted by Crippen LogP contribution is 2.38. The lowest BCUT2D eigenvalue weighted by Crippen LogP contribution is -1.95. The van der Waals surface area contributed by atoms with Crippen molar-refractivity contribution >= 4 is 48.9 Å². The Morgan fingerprint density at radius 1 is 0.508 bits per heavy atom. The summed E-state index contributed by atoms with van der Waals surface area (Å²) in [4.78, 5) is 0. The van der Waals surface area contributed by atoms with Gasteiger partial charge in [0.2, 0.25) is 0 Å². The van der Waals surface area contributed by atoms with Crippen LogP contribution in [0.1, 0.15) is 57.2 Å². The summed E-state index contributed by atoms with van der Waals surface area (Å²) in [5.41, 5.74) is 15.6. The van der Waals surface area contributed by atoms with Crippen LogP contribution >= 0.6 is 0 Å². The van der Waals surface area contributed by atoms with Gasteiger partial charge in [-0.3, -0.25) is 0 Å². The van der Waals surface area contributed by atoms with E-state index in [1.54, 1.807) is 0 Å². The number of aryl methyl sites for hydroxylation is 2. The number of nitrogens with zero attached hydrogens (tertiary/aromatic N) is 1. The Morgan fingerprint density at radius 3 is 1.83 bits per heavy atom. The normalized spacial score (nSPS) is 12.6. The van der Waals surface area contributed by atoms with Gasteiger partial charge in [0.1, 0.15) is 0 Å². The lowest BCUT2D eigenvalue weighted by Gasteiger charge is -2.16. The van der Waals surface area contributed by atoms with E-state index in [-0.39, 0.29) is 0 Å². The van der Waals surface area contributed by atoms with Gasteiger partial charge >= 0.3 is 0 Å². The van der Waals surface area contributed by atoms with Crippen LogP contribution < -0.4 is 0 Å². The number of hydrogen-bond donors (Lipinski definition) is 0. The van der Waals surface area contributed by atoms with E-state index in [0.717, 1.165) is 19.3 Å². The molecule has 1 nitrogen and oxygen atoms in total. The van der Waals surface area contributed by atoms with E-state index in [9.17, 15) is 0 Å². The number of para-hydroxylation sites is 1. The molecule has 0 radical (unpaired) electrons. The summed E-state index contributed by atoms with van der Waals surface area (Å²) < 4.78 is 2.42. The van der Waals surface area contributed by atoms with E-state index in [0.29, 0.717) is 0 Å². The third kappa shape index (κ3) is 8.20. The first-order valence-electron chi connectivity index (χ1n) is 21.1. The number of hydrogen-bond acceptors (Lipinski definition) is 0. The zero-order valence-electron chi connectivity index (χ0n) is 35.0. The summed E-state index contributed by atoms with van der Waals surface area (Å²) in [6, 6.07) is 62.2. The first-order chi connectivity index (χ1) is 29.0. The summed E-state index contributed by atoms with van der Waals surface area (Å²) in [5.74, 6) is 0. The number of fused-ring (bicyclic) bond motifs is 6. The molecule has 10 rings (SSSR count). The summed E-state index contributed by atoms with van der Waals surface area (Å²) >= 11 is 0. The number of rotatable bonds is 5. The minimum Gasteiger partial charge on any atom is -0.309 e. The topological polar surface area (TPSA) is 4.93 Å². The fourth-order valence-corrected chi connectivity index (χ4v) is 8.33. The van der Waals surface area contributed by atoms with E-state index >= 15 is 0 Å². The minimum absolute atomic E-state index is 1.14. The zero-order valence-corrected chi connectivity index (χ0v) is 35.0. The summed E-state index contributed by atoms with van der Waals surface area (Å²) in [5, 5.41) is 7.66. The Labute approximate surface area is 350 Å². The maximum Gasteiger partial charge on any atom is 0.0541 e. The van der Waals surface area contributed by atoms with Gasteiger partial charge in [0.05, 0.1) is 11.0 Å². The average molecular weight is 764 g/mol. The van der Waals surface area contributed by atoms with Crippen molar-refractivity contribution in [3.63, 3.8) is 0 Å². The first-order valence-corrected chi connectivity index (χ1v) is 21.1. The Bertz CT molecular complexity index is 2980. The molecular weight excluding hydrogens is 711 g/mol. The van der Waals surface area contributed by atoms with E-state index < -0.39 is 0 Å². The molecule has 1 aliphatic carbocycles. The van der Waals surface area contributed by atoms with Crippen LogP contribution in [0.3, 0.4) is 0 Å². The van der Waals surface area contributed by atoms with Crippen molar-refractivity contribution in [2.24, 2.45) is 0 Å². The Hall–Kier alpha value is -6.70. The molecule has 0 amide bonds. The lowest BCUT2D eigenvalue weighted by molar-refractivity contribution is 0.967. The molecule has 0 spiro atoms. The van der Waals surface area contributed by atoms with Crippen LogP contribution in [-0.2, 0) is 6.42 Å². The molecule has 0 aliphatic heterocycles. The van der Waals surface area contributed by atoms with E-state index in [1.165, 1.54) is 99.1 Å². The monoisotopic (exact) mass is 763 g/mol. The second kappa shape index (κ2) is 17.8. The highest BCUT2D eigenvalue weighted by Gasteiger charge is 2.15. The fraction of sp³-hybridized carbons (Fsp3) is 0.138. The Balaban J connectivity index is 0.000000352. The number of aromatic nitrogens is 1. The van der Waals surface area contributed by atoms with E-state index in [4.69, 9.17) is 0 Å². The Morgan fingerprint density at radius 2 is 1.12 bits per heavy atom. The molecule has 0 bridgehead atoms. The van der Waals surface area contributed by atoms with Crippen LogP contribution in [0.4, 0.5) is 0 Å². The third-order valence-electron chi connectivity index (χ3n) is 11.8. The predicted octanol–water partition coefficient (Wildman–Crippen LogP) is 16.7. The highest BCUT2D eigenvalue weighted by atomic mass is 15.0. The number of allylic oxidation sites excluding steroid dienone is 6. The smallest absolute Gasteiger partial charge is 0.0541 e. The van der Waals surface area contributed by atoms with Gasteiger partial charge in [-0.2, -0.15) is 0 Å². The van der Waals surface area contributed by atoms with Crippen molar-refractivity contribution in [3.8, 4) is 27.9 Å². The predicted molar refractivity (Wildman–Crippen MR) is 259 cm³/mol. The van der Waals surface area contributed by atoms with Gasteiger partial charge < -0.3 is 4.57 Å². The third-order valence-corrected chi connectivity index (χ3v) is 11.8. The highest BCUT2D eigenvalue weighted by molar-refractivity contribution is 6.12. The average Bonchev–Trinajstić information content (AvgIpc) is 3.63. The van der Waals surface area contributed by atoms with Gasteiger partial charge in [-0.05, 0) is 149 Å². The second-order valence-corrected chi connectivity index (χ2v) is 15.5. The van der Waals surface area contributed by atoms with Crippen LogP contribution in [0.5, 0.6) is 0 Å². The molecule has 0 atom stereocenters. The first kappa shape index (κ1) is 39.1. The maximum atomic E-state index is 2.42. The Kier molecular flexibility index (Phi) is 11.8. The molecule has 1 heteroatoms. The van der Waals surface area contributed by atoms with Crippen molar-refractivity contribution < 1.29 is 0 Å². The molecule has 8 aromatic carbocycles. The van der Waals surface area contributed by atoms with E-state index in [2.05, 4.69) is 201 Å². The van der Waals surface area contributed by atoms with Crippen LogP contribution in [0, 0.1) is 6.92 Å². The van der Waals surface area contributed by atoms with Crippen molar-refractivity contribution in [3.05, 3.63) is 216 Å². The largest absolute Gasteiger partial charge is 0.309 e. The maximum absolute atomic E-state index is 2.42. The van der Waals surface area contributed by atoms with Crippen LogP contribution in [0.2, 0.25) is 0 Å². The summed E-state index contributed by atoms with van der Waals surface area (Å²) in [6.45, 7) is 10.7. The zero-order chi connectivity index (χ0) is 40.7. The molecule has 0 saturated carbocycles. The van der Waals surface area contributed by atoms with Crippen LogP contribution in [0.25, 0.3) is 76.9 Å². The van der Waals surface area contributed by atoms with Gasteiger partial charge in [-0.15, -0.1) is 0 Å². The van der Waals surface area contributed by atoms with Crippen molar-refractivity contribution in [2.75, 3.05) is 0 Å². The van der Waals surface area contributed by atoms with Gasteiger partial charge in [0.15, 0.2) is 0 Å². The van der Waals surface area contributed by atoms with Crippen molar-refractivity contribution in [1.29, 1.82) is 0 Å². The molecule has 0 saturated heterocycles. The summed E-state index contributed by atoms with van der Waals surface area (Å²) in [6.07, 6.45) is 12.0. The van der Waals surface area contributed by atoms with E-state index in [1.807, 2.05) is 32.1 Å². The van der Waals surface area contributed by atoms with Crippen LogP contribution in [-0.4, -0.2) is 4.57 Å². The molecule has 290 valence electrons. The quantitative estimate of drug-likeness (QED) is 0.122. The molecule has 9 aromatic rings. The molecule has 0 unspecified atom stereocenters. The van der Waals surface area contributed by atoms with Crippen molar-refractivity contribution in [2.45, 2.75) is 53.9 Å². The number of benzene rings is 8. The van der Waals surface area contributed by atoms with Gasteiger partial charge in [-0.25, -0.2) is 0 Å². The molecule has 0 N–H and O–H groups in total. The lowest BCUT2D eigenvalue weighted by atomic mass is 9.88. The molecular formula is C58H53N. The standard InChI is InChI=1S/C46H35N.C8H10.C4H8/c1-30-9-3-5-11-39(30)43-28-35(16-15-31(43)2)32-17-19-33(20-18-32)36-23-26-46-44(29-36)42-13-7-8-14-45(42)47(46)38-24-25-41-37(27-38)22-21-34-10-4-6-12-40(34)41;1-2-8-6-4-3-5-7-8;1-3-4-2/h4-8,10-29H,3,9H2,1-2H3;3-7H,2H2,1H3;3-4H,1-2H3/b;;4-3-. The molecule has 1 aromatic heterocycles. The molecule has 1 aliphatic rings. The van der Waals surface area contributed by atoms with Gasteiger partial charge in [0.25, 0.3) is 0 Å². The van der Waals surface area contributed by atoms with Gasteiger partial charge in [-0.1, -0.05) is 170 Å². The SMILES string of the molecule is C/C=C\C.CC1=C(c2cc(-c3ccc(-c4ccc5c(c4)c4ccccc4n5-c4ccc5c(ccc6ccccc65)c4)cc3)ccc2C)C=CCC1.CCc1ccccc1. The second-order valence-electron chi connectivity index (χ2n) is 15.5. The minimum atomic E-state index is 1.14. The van der Waals surface area contributed by atoms with Gasteiger partial charge in [0, 0.05) is 16.5 Å². The molecule has 1 heterocycles. The fourth-order valence-electron chi connectivity index (χ4n) is 8.33. The molecule has 59 heavy (non-hydrogen) atoms. The molecule has 0 fully saturated rings.